The van der Waals surface area contributed by atoms with Gasteiger partial charge in [-0.15, -0.1) is 0 Å². The Hall–Kier alpha value is -1.21. The van der Waals surface area contributed by atoms with Crippen LogP contribution in [0.4, 0.5) is 0 Å². The maximum atomic E-state index is 11.7. The van der Waals surface area contributed by atoms with Crippen molar-refractivity contribution < 1.29 is 25.9 Å². The number of aryl methyl sites for hydroxylation is 4. The van der Waals surface area contributed by atoms with Gasteiger partial charge in [-0.3, -0.25) is 0 Å². The van der Waals surface area contributed by atoms with Crippen molar-refractivity contribution >= 4 is 90.7 Å². The second kappa shape index (κ2) is 28.3. The van der Waals surface area contributed by atoms with Crippen molar-refractivity contribution in [1.29, 1.82) is 0 Å². The van der Waals surface area contributed by atoms with E-state index in [2.05, 4.69) is 39.8 Å². The molecule has 0 bridgehead atoms. The first-order chi connectivity index (χ1) is 27.0. The summed E-state index contributed by atoms with van der Waals surface area (Å²) in [5, 5.41) is 3.04. The fourth-order valence-corrected chi connectivity index (χ4v) is 9.40. The number of rotatable bonds is 26. The molecule has 4 aromatic carbocycles. The van der Waals surface area contributed by atoms with Gasteiger partial charge >= 0.3 is 48.9 Å². The molecule has 0 saturated carbocycles. The van der Waals surface area contributed by atoms with E-state index in [9.17, 15) is 25.9 Å². The minimum atomic E-state index is -4.47. The summed E-state index contributed by atoms with van der Waals surface area (Å²) in [6, 6.07) is 18.0. The largest absolute Gasteiger partial charge is 2.00 e. The van der Waals surface area contributed by atoms with Crippen molar-refractivity contribution in [1.82, 2.24) is 0 Å². The number of unbranched alkanes of at least 4 members (excludes halogenated alkanes) is 16. The van der Waals surface area contributed by atoms with Gasteiger partial charge in [0.15, 0.2) is 0 Å². The molecule has 9 heteroatoms. The molecule has 0 amide bonds. The molecule has 4 aromatic rings. The molecule has 4 rings (SSSR count). The van der Waals surface area contributed by atoms with Gasteiger partial charge in [-0.1, -0.05) is 179 Å². The van der Waals surface area contributed by atoms with Crippen LogP contribution < -0.4 is 0 Å². The second-order valence-corrected chi connectivity index (χ2v) is 18.4. The number of hydrogen-bond acceptors (Lipinski definition) is 6. The summed E-state index contributed by atoms with van der Waals surface area (Å²) in [4.78, 5) is -0.182. The van der Waals surface area contributed by atoms with Gasteiger partial charge < -0.3 is 9.11 Å². The zero-order valence-electron chi connectivity index (χ0n) is 35.7. The van der Waals surface area contributed by atoms with Crippen LogP contribution in [0.5, 0.6) is 0 Å². The normalized spacial score (nSPS) is 11.8. The SMILES string of the molecule is CCCCCCCc1ccc2c(S(=O)(=O)[O-])cccc2c1CCCCCCC.CCCCCCCc1ccc2c(S(=O)(=O)[O-])cccc2c1CCCCCCC.[Ba+2]. The summed E-state index contributed by atoms with van der Waals surface area (Å²) in [5.41, 5.74) is 5.13. The molecule has 0 heterocycles. The molecule has 0 unspecified atom stereocenters. The van der Waals surface area contributed by atoms with Crippen LogP contribution in [0.1, 0.15) is 178 Å². The molecule has 0 aliphatic carbocycles. The topological polar surface area (TPSA) is 114 Å². The first kappa shape index (κ1) is 51.9. The second-order valence-electron chi connectivity index (χ2n) is 15.7. The van der Waals surface area contributed by atoms with Gasteiger partial charge in [-0.2, -0.15) is 0 Å². The van der Waals surface area contributed by atoms with Crippen LogP contribution in [0.3, 0.4) is 0 Å². The third-order valence-corrected chi connectivity index (χ3v) is 12.9. The van der Waals surface area contributed by atoms with Gasteiger partial charge in [0, 0.05) is 0 Å². The van der Waals surface area contributed by atoms with Crippen molar-refractivity contribution in [2.75, 3.05) is 0 Å². The third kappa shape index (κ3) is 17.7. The summed E-state index contributed by atoms with van der Waals surface area (Å²) in [7, 11) is -8.94. The van der Waals surface area contributed by atoms with Crippen LogP contribution in [0.25, 0.3) is 21.5 Å². The molecule has 57 heavy (non-hydrogen) atoms. The Bertz CT molecular complexity index is 1830. The average molecular weight is 945 g/mol. The Balaban J connectivity index is 0.000000387. The van der Waals surface area contributed by atoms with Crippen molar-refractivity contribution in [2.45, 2.75) is 192 Å². The fraction of sp³-hybridized carbons (Fsp3) is 0.583. The molecule has 0 spiro atoms. The van der Waals surface area contributed by atoms with Crippen LogP contribution in [0.15, 0.2) is 70.5 Å². The fourth-order valence-electron chi connectivity index (χ4n) is 8.02. The van der Waals surface area contributed by atoms with E-state index >= 15 is 0 Å². The van der Waals surface area contributed by atoms with Crippen molar-refractivity contribution in [2.24, 2.45) is 0 Å². The summed E-state index contributed by atoms with van der Waals surface area (Å²) < 4.78 is 70.2. The molecule has 6 nitrogen and oxygen atoms in total. The van der Waals surface area contributed by atoms with Crippen LogP contribution in [0.2, 0.25) is 0 Å². The van der Waals surface area contributed by atoms with E-state index in [0.29, 0.717) is 10.8 Å². The average Bonchev–Trinajstić information content (AvgIpc) is 3.17. The van der Waals surface area contributed by atoms with Crippen LogP contribution >= 0.6 is 0 Å². The van der Waals surface area contributed by atoms with Gasteiger partial charge in [0.1, 0.15) is 20.2 Å². The van der Waals surface area contributed by atoms with Crippen LogP contribution in [-0.2, 0) is 45.9 Å². The van der Waals surface area contributed by atoms with E-state index in [1.54, 1.807) is 12.1 Å². The molecular formula is C48H70BaO6S2. The molecule has 0 atom stereocenters. The van der Waals surface area contributed by atoms with E-state index in [4.69, 9.17) is 0 Å². The molecule has 0 N–H and O–H groups in total. The summed E-state index contributed by atoms with van der Waals surface area (Å²) in [6.45, 7) is 8.88. The van der Waals surface area contributed by atoms with Crippen molar-refractivity contribution in [3.05, 3.63) is 82.9 Å². The number of benzene rings is 4. The van der Waals surface area contributed by atoms with Crippen molar-refractivity contribution in [3.63, 3.8) is 0 Å². The van der Waals surface area contributed by atoms with Crippen LogP contribution in [0, 0.1) is 0 Å². The molecule has 0 aliphatic heterocycles. The summed E-state index contributed by atoms with van der Waals surface area (Å²) in [6.07, 6.45) is 28.4. The Labute approximate surface area is 387 Å². The van der Waals surface area contributed by atoms with E-state index in [-0.39, 0.29) is 58.7 Å². The molecule has 0 aromatic heterocycles. The Morgan fingerprint density at radius 1 is 0.368 bits per heavy atom. The minimum absolute atomic E-state index is 0. The predicted octanol–water partition coefficient (Wildman–Crippen LogP) is 13.2. The standard InChI is InChI=1S/2C24H36O3S.Ba/c2*1-3-5-7-9-11-14-20-18-19-23-22(16-13-17-24(23)28(25,26)27)21(20)15-12-10-8-6-4-2;/h2*13,16-19H,3-12,14-15H2,1-2H3,(H,25,26,27);/q;;+2/p-2. The Kier molecular flexibility index (Phi) is 25.8. The maximum absolute atomic E-state index is 11.7. The first-order valence-corrected chi connectivity index (χ1v) is 24.8. The molecule has 312 valence electrons. The van der Waals surface area contributed by atoms with Gasteiger partial charge in [0.2, 0.25) is 0 Å². The Morgan fingerprint density at radius 2 is 0.667 bits per heavy atom. The molecule has 0 radical (unpaired) electrons. The smallest absolute Gasteiger partial charge is 0.744 e. The Morgan fingerprint density at radius 3 is 0.965 bits per heavy atom. The van der Waals surface area contributed by atoms with E-state index in [1.807, 2.05) is 24.3 Å². The third-order valence-electron chi connectivity index (χ3n) is 11.2. The number of hydrogen-bond donors (Lipinski definition) is 0. The van der Waals surface area contributed by atoms with Gasteiger partial charge in [0.25, 0.3) is 0 Å². The maximum Gasteiger partial charge on any atom is 2.00 e. The minimum Gasteiger partial charge on any atom is -0.744 e. The van der Waals surface area contributed by atoms with Crippen LogP contribution in [-0.4, -0.2) is 74.8 Å². The predicted molar refractivity (Wildman–Crippen MR) is 239 cm³/mol. The van der Waals surface area contributed by atoms with E-state index < -0.39 is 20.2 Å². The van der Waals surface area contributed by atoms with Crippen molar-refractivity contribution in [3.8, 4) is 0 Å². The van der Waals surface area contributed by atoms with Gasteiger partial charge in [0.05, 0.1) is 9.79 Å². The molecule has 0 fully saturated rings. The zero-order valence-corrected chi connectivity index (χ0v) is 41.8. The summed E-state index contributed by atoms with van der Waals surface area (Å²) >= 11 is 0. The summed E-state index contributed by atoms with van der Waals surface area (Å²) in [5.74, 6) is 0. The van der Waals surface area contributed by atoms with Gasteiger partial charge in [-0.25, -0.2) is 16.8 Å². The monoisotopic (exact) mass is 944 g/mol. The van der Waals surface area contributed by atoms with E-state index in [1.165, 1.54) is 137 Å². The van der Waals surface area contributed by atoms with Gasteiger partial charge in [-0.05, 0) is 107 Å². The number of fused-ring (bicyclic) bond motifs is 2. The first-order valence-electron chi connectivity index (χ1n) is 22.0. The molecule has 0 saturated heterocycles. The van der Waals surface area contributed by atoms with E-state index in [0.717, 1.165) is 62.1 Å². The quantitative estimate of drug-likeness (QED) is 0.0352. The molecule has 0 aliphatic rings. The molecular weight excluding hydrogens is 874 g/mol. The zero-order chi connectivity index (χ0) is 40.8.